The van der Waals surface area contributed by atoms with E-state index in [0.717, 1.165) is 19.4 Å². The number of unbranched alkanes of at least 4 members (excludes halogenated alkanes) is 24. The molecule has 39 heavy (non-hydrogen) atoms. The van der Waals surface area contributed by atoms with Crippen LogP contribution in [-0.2, 0) is 9.53 Å². The summed E-state index contributed by atoms with van der Waals surface area (Å²) in [6.45, 7) is 8.59. The van der Waals surface area contributed by atoms with Crippen LogP contribution in [0.15, 0.2) is 0 Å². The maximum absolute atomic E-state index is 12.8. The Morgan fingerprint density at radius 3 is 1.10 bits per heavy atom. The molecular formula is C36H73NO2. The molecule has 0 saturated heterocycles. The molecule has 1 unspecified atom stereocenters. The van der Waals surface area contributed by atoms with Gasteiger partial charge in [-0.2, -0.15) is 0 Å². The number of hydrogen-bond acceptors (Lipinski definition) is 2. The summed E-state index contributed by atoms with van der Waals surface area (Å²) in [6.07, 6.45) is 38.0. The van der Waals surface area contributed by atoms with Crippen molar-refractivity contribution in [2.24, 2.45) is 5.92 Å². The summed E-state index contributed by atoms with van der Waals surface area (Å²) in [4.78, 5) is 12.8. The Morgan fingerprint density at radius 2 is 0.795 bits per heavy atom. The molecule has 0 saturated carbocycles. The van der Waals surface area contributed by atoms with Gasteiger partial charge in [0.05, 0.1) is 6.61 Å². The third-order valence-electron chi connectivity index (χ3n) is 8.43. The molecule has 3 nitrogen and oxygen atoms in total. The zero-order valence-electron chi connectivity index (χ0n) is 27.3. The van der Waals surface area contributed by atoms with Crippen molar-refractivity contribution in [2.75, 3.05) is 19.8 Å². The number of hydrogen-bond donors (Lipinski definition) is 1. The second-order valence-corrected chi connectivity index (χ2v) is 12.2. The van der Waals surface area contributed by atoms with Gasteiger partial charge in [0.25, 0.3) is 0 Å². The number of nitrogens with one attached hydrogen (secondary N) is 1. The summed E-state index contributed by atoms with van der Waals surface area (Å²) in [5, 5.41) is 3.15. The van der Waals surface area contributed by atoms with Crippen molar-refractivity contribution < 1.29 is 9.53 Å². The van der Waals surface area contributed by atoms with Crippen LogP contribution in [0.1, 0.15) is 201 Å². The van der Waals surface area contributed by atoms with Crippen LogP contribution in [0, 0.1) is 5.92 Å². The number of amides is 1. The maximum Gasteiger partial charge on any atom is 0.223 e. The fraction of sp³-hybridized carbons (Fsp3) is 0.972. The number of carbonyl (C=O) groups is 1. The van der Waals surface area contributed by atoms with Crippen molar-refractivity contribution in [2.45, 2.75) is 201 Å². The predicted molar refractivity (Wildman–Crippen MR) is 174 cm³/mol. The largest absolute Gasteiger partial charge is 0.380 e. The first-order valence-corrected chi connectivity index (χ1v) is 18.1. The van der Waals surface area contributed by atoms with E-state index in [9.17, 15) is 4.79 Å². The van der Waals surface area contributed by atoms with E-state index in [-0.39, 0.29) is 11.8 Å². The van der Waals surface area contributed by atoms with Crippen LogP contribution in [0.4, 0.5) is 0 Å². The van der Waals surface area contributed by atoms with Crippen molar-refractivity contribution in [3.8, 4) is 0 Å². The van der Waals surface area contributed by atoms with Gasteiger partial charge < -0.3 is 10.1 Å². The maximum atomic E-state index is 12.8. The molecule has 1 N–H and O–H groups in total. The lowest BCUT2D eigenvalue weighted by Gasteiger charge is -2.17. The summed E-state index contributed by atoms with van der Waals surface area (Å²) < 4.78 is 5.41. The monoisotopic (exact) mass is 552 g/mol. The van der Waals surface area contributed by atoms with Crippen molar-refractivity contribution >= 4 is 5.91 Å². The molecule has 3 heteroatoms. The van der Waals surface area contributed by atoms with Gasteiger partial charge in [0.15, 0.2) is 0 Å². The van der Waals surface area contributed by atoms with Crippen LogP contribution < -0.4 is 5.32 Å². The molecule has 1 amide bonds. The quantitative estimate of drug-likeness (QED) is 0.0823. The second kappa shape index (κ2) is 33.6. The molecule has 234 valence electrons. The average molecular weight is 552 g/mol. The predicted octanol–water partition coefficient (Wildman–Crippen LogP) is 11.7. The third kappa shape index (κ3) is 30.2. The Hall–Kier alpha value is -0.570. The molecule has 0 aliphatic rings. The SMILES string of the molecule is CCCCCCCCCCCCCCCCC(CCCCCCCCCCCCCC)C(=O)NCCOCC. The van der Waals surface area contributed by atoms with E-state index < -0.39 is 0 Å². The number of carbonyl (C=O) groups excluding carboxylic acids is 1. The van der Waals surface area contributed by atoms with Gasteiger partial charge in [0, 0.05) is 19.1 Å². The van der Waals surface area contributed by atoms with Crippen LogP contribution in [-0.4, -0.2) is 25.7 Å². The molecule has 0 aromatic heterocycles. The Bertz CT molecular complexity index is 467. The zero-order valence-corrected chi connectivity index (χ0v) is 27.3. The molecule has 0 radical (unpaired) electrons. The Labute approximate surface area is 246 Å². The van der Waals surface area contributed by atoms with Crippen LogP contribution >= 0.6 is 0 Å². The van der Waals surface area contributed by atoms with Gasteiger partial charge in [0.1, 0.15) is 0 Å². The van der Waals surface area contributed by atoms with Crippen molar-refractivity contribution in [1.29, 1.82) is 0 Å². The Kier molecular flexibility index (Phi) is 33.1. The molecule has 0 spiro atoms. The van der Waals surface area contributed by atoms with Crippen LogP contribution in [0.5, 0.6) is 0 Å². The second-order valence-electron chi connectivity index (χ2n) is 12.2. The fourth-order valence-electron chi connectivity index (χ4n) is 5.76. The average Bonchev–Trinajstić information content (AvgIpc) is 2.94. The normalized spacial score (nSPS) is 12.2. The lowest BCUT2D eigenvalue weighted by Crippen LogP contribution is -2.33. The summed E-state index contributed by atoms with van der Waals surface area (Å²) in [5.41, 5.74) is 0. The van der Waals surface area contributed by atoms with E-state index in [2.05, 4.69) is 19.2 Å². The first kappa shape index (κ1) is 38.4. The van der Waals surface area contributed by atoms with Crippen molar-refractivity contribution in [1.82, 2.24) is 5.32 Å². The Morgan fingerprint density at radius 1 is 0.487 bits per heavy atom. The zero-order chi connectivity index (χ0) is 28.5. The molecule has 0 fully saturated rings. The van der Waals surface area contributed by atoms with E-state index in [1.165, 1.54) is 167 Å². The minimum Gasteiger partial charge on any atom is -0.380 e. The van der Waals surface area contributed by atoms with Gasteiger partial charge in [-0.1, -0.05) is 181 Å². The van der Waals surface area contributed by atoms with E-state index >= 15 is 0 Å². The van der Waals surface area contributed by atoms with Crippen LogP contribution in [0.2, 0.25) is 0 Å². The highest BCUT2D eigenvalue weighted by Gasteiger charge is 2.17. The molecule has 0 aliphatic carbocycles. The van der Waals surface area contributed by atoms with Crippen molar-refractivity contribution in [3.63, 3.8) is 0 Å². The van der Waals surface area contributed by atoms with Crippen molar-refractivity contribution in [3.05, 3.63) is 0 Å². The highest BCUT2D eigenvalue weighted by atomic mass is 16.5. The molecule has 0 heterocycles. The van der Waals surface area contributed by atoms with Gasteiger partial charge in [0.2, 0.25) is 5.91 Å². The fourth-order valence-corrected chi connectivity index (χ4v) is 5.76. The highest BCUT2D eigenvalue weighted by Crippen LogP contribution is 2.20. The molecule has 0 aromatic rings. The molecule has 0 aliphatic heterocycles. The number of ether oxygens (including phenoxy) is 1. The van der Waals surface area contributed by atoms with Gasteiger partial charge in [-0.15, -0.1) is 0 Å². The first-order valence-electron chi connectivity index (χ1n) is 18.1. The molecule has 0 aromatic carbocycles. The summed E-state index contributed by atoms with van der Waals surface area (Å²) in [7, 11) is 0. The smallest absolute Gasteiger partial charge is 0.223 e. The highest BCUT2D eigenvalue weighted by molar-refractivity contribution is 5.78. The van der Waals surface area contributed by atoms with Gasteiger partial charge in [-0.25, -0.2) is 0 Å². The number of rotatable bonds is 33. The van der Waals surface area contributed by atoms with E-state index in [1.54, 1.807) is 0 Å². The Balaban J connectivity index is 3.86. The summed E-state index contributed by atoms with van der Waals surface area (Å²) in [6, 6.07) is 0. The van der Waals surface area contributed by atoms with Gasteiger partial charge >= 0.3 is 0 Å². The topological polar surface area (TPSA) is 38.3 Å². The minimum absolute atomic E-state index is 0.201. The van der Waals surface area contributed by atoms with Crippen LogP contribution in [0.3, 0.4) is 0 Å². The van der Waals surface area contributed by atoms with E-state index in [1.807, 2.05) is 6.92 Å². The molecule has 0 rings (SSSR count). The standard InChI is InChI=1S/C36H73NO2/c1-4-7-9-11-13-15-17-19-20-22-24-26-28-30-32-35(36(38)37-33-34-39-6-3)31-29-27-25-23-21-18-16-14-12-10-8-5-2/h35H,4-34H2,1-3H3,(H,37,38). The van der Waals surface area contributed by atoms with Crippen LogP contribution in [0.25, 0.3) is 0 Å². The lowest BCUT2D eigenvalue weighted by atomic mass is 9.93. The van der Waals surface area contributed by atoms with Gasteiger partial charge in [-0.05, 0) is 19.8 Å². The summed E-state index contributed by atoms with van der Waals surface area (Å²) >= 11 is 0. The molecular weight excluding hydrogens is 478 g/mol. The van der Waals surface area contributed by atoms with Gasteiger partial charge in [-0.3, -0.25) is 4.79 Å². The molecule has 0 bridgehead atoms. The minimum atomic E-state index is 0.201. The van der Waals surface area contributed by atoms with E-state index in [4.69, 9.17) is 4.74 Å². The third-order valence-corrected chi connectivity index (χ3v) is 8.43. The first-order chi connectivity index (χ1) is 19.3. The lowest BCUT2D eigenvalue weighted by molar-refractivity contribution is -0.125. The van der Waals surface area contributed by atoms with E-state index in [0.29, 0.717) is 13.2 Å². The summed E-state index contributed by atoms with van der Waals surface area (Å²) in [5.74, 6) is 0.472. The molecule has 1 atom stereocenters.